The van der Waals surface area contributed by atoms with Crippen LogP contribution < -0.4 is 9.64 Å². The summed E-state index contributed by atoms with van der Waals surface area (Å²) < 4.78 is 32.6. The Balaban J connectivity index is 2.26. The minimum atomic E-state index is -3.53. The summed E-state index contributed by atoms with van der Waals surface area (Å²) in [6.07, 6.45) is 1.42. The zero-order valence-electron chi connectivity index (χ0n) is 16.8. The Kier molecular flexibility index (Phi) is 7.49. The summed E-state index contributed by atoms with van der Waals surface area (Å²) in [5.41, 5.74) is 0.758. The fourth-order valence-electron chi connectivity index (χ4n) is 3.36. The standard InChI is InChI=1S/C19H31N3O4S/c1-5-8-19(23)21-13-11-20(12-14-21)17-15-16(9-10-18(17)26-4)27(24,25)22(6-2)7-3/h9-10,15H,5-8,11-14H2,1-4H3. The van der Waals surface area contributed by atoms with Crippen LogP contribution in [-0.2, 0) is 14.8 Å². The molecular formula is C19H31N3O4S. The van der Waals surface area contributed by atoms with Gasteiger partial charge < -0.3 is 14.5 Å². The molecule has 0 bridgehead atoms. The molecule has 0 aliphatic carbocycles. The molecule has 2 rings (SSSR count). The van der Waals surface area contributed by atoms with E-state index >= 15 is 0 Å². The SMILES string of the molecule is CCCC(=O)N1CCN(c2cc(S(=O)(=O)N(CC)CC)ccc2OC)CC1. The smallest absolute Gasteiger partial charge is 0.243 e. The van der Waals surface area contributed by atoms with E-state index in [1.54, 1.807) is 25.3 Å². The third-order valence-corrected chi connectivity index (χ3v) is 6.98. The molecule has 1 aliphatic heterocycles. The Hall–Kier alpha value is -1.80. The van der Waals surface area contributed by atoms with Crippen LogP contribution in [0.5, 0.6) is 5.75 Å². The highest BCUT2D eigenvalue weighted by Gasteiger charge is 2.26. The van der Waals surface area contributed by atoms with Crippen molar-refractivity contribution >= 4 is 21.6 Å². The third-order valence-electron chi connectivity index (χ3n) is 4.93. The van der Waals surface area contributed by atoms with Gasteiger partial charge in [0.2, 0.25) is 15.9 Å². The van der Waals surface area contributed by atoms with E-state index in [2.05, 4.69) is 4.90 Å². The maximum atomic E-state index is 12.9. The fraction of sp³-hybridized carbons (Fsp3) is 0.632. The fourth-order valence-corrected chi connectivity index (χ4v) is 4.84. The van der Waals surface area contributed by atoms with Gasteiger partial charge in [0, 0.05) is 45.7 Å². The van der Waals surface area contributed by atoms with Gasteiger partial charge in [-0.2, -0.15) is 4.31 Å². The zero-order valence-corrected chi connectivity index (χ0v) is 17.6. The zero-order chi connectivity index (χ0) is 20.0. The number of ether oxygens (including phenoxy) is 1. The van der Waals surface area contributed by atoms with E-state index in [0.29, 0.717) is 51.4 Å². The highest BCUT2D eigenvalue weighted by molar-refractivity contribution is 7.89. The van der Waals surface area contributed by atoms with Crippen LogP contribution in [0.2, 0.25) is 0 Å². The van der Waals surface area contributed by atoms with E-state index in [1.807, 2.05) is 25.7 Å². The molecule has 0 saturated carbocycles. The molecule has 0 aromatic heterocycles. The quantitative estimate of drug-likeness (QED) is 0.672. The molecule has 1 aromatic rings. The summed E-state index contributed by atoms with van der Waals surface area (Å²) in [5.74, 6) is 0.823. The maximum Gasteiger partial charge on any atom is 0.243 e. The van der Waals surface area contributed by atoms with Gasteiger partial charge in [0.25, 0.3) is 0 Å². The van der Waals surface area contributed by atoms with Gasteiger partial charge in [0.15, 0.2) is 0 Å². The Morgan fingerprint density at radius 1 is 1.11 bits per heavy atom. The number of amides is 1. The van der Waals surface area contributed by atoms with Crippen LogP contribution in [0, 0.1) is 0 Å². The minimum absolute atomic E-state index is 0.182. The lowest BCUT2D eigenvalue weighted by atomic mass is 10.2. The molecule has 152 valence electrons. The number of carbonyl (C=O) groups excluding carboxylic acids is 1. The number of piperazine rings is 1. The van der Waals surface area contributed by atoms with E-state index in [1.165, 1.54) is 4.31 Å². The van der Waals surface area contributed by atoms with E-state index < -0.39 is 10.0 Å². The first-order valence-corrected chi connectivity index (χ1v) is 11.0. The second kappa shape index (κ2) is 9.41. The first-order chi connectivity index (χ1) is 12.9. The molecule has 0 radical (unpaired) electrons. The molecule has 8 heteroatoms. The molecule has 1 aliphatic rings. The van der Waals surface area contributed by atoms with Crippen molar-refractivity contribution in [3.05, 3.63) is 18.2 Å². The van der Waals surface area contributed by atoms with Crippen LogP contribution in [0.1, 0.15) is 33.6 Å². The topological polar surface area (TPSA) is 70.2 Å². The largest absolute Gasteiger partial charge is 0.495 e. The Labute approximate surface area is 162 Å². The molecule has 7 nitrogen and oxygen atoms in total. The van der Waals surface area contributed by atoms with Crippen LogP contribution in [0.3, 0.4) is 0 Å². The highest BCUT2D eigenvalue weighted by Crippen LogP contribution is 2.32. The van der Waals surface area contributed by atoms with Crippen LogP contribution in [-0.4, -0.2) is 69.9 Å². The molecule has 0 N–H and O–H groups in total. The number of rotatable bonds is 8. The summed E-state index contributed by atoms with van der Waals surface area (Å²) >= 11 is 0. The number of carbonyl (C=O) groups is 1. The van der Waals surface area contributed by atoms with Crippen molar-refractivity contribution < 1.29 is 17.9 Å². The second-order valence-electron chi connectivity index (χ2n) is 6.54. The Bertz CT molecular complexity index is 739. The van der Waals surface area contributed by atoms with Gasteiger partial charge in [-0.3, -0.25) is 4.79 Å². The van der Waals surface area contributed by atoms with E-state index in [9.17, 15) is 13.2 Å². The number of hydrogen-bond acceptors (Lipinski definition) is 5. The van der Waals surface area contributed by atoms with Crippen molar-refractivity contribution in [2.24, 2.45) is 0 Å². The van der Waals surface area contributed by atoms with Gasteiger partial charge in [0.1, 0.15) is 5.75 Å². The Morgan fingerprint density at radius 3 is 2.26 bits per heavy atom. The molecule has 1 saturated heterocycles. The monoisotopic (exact) mass is 397 g/mol. The van der Waals surface area contributed by atoms with Crippen molar-refractivity contribution in [2.75, 3.05) is 51.3 Å². The van der Waals surface area contributed by atoms with Crippen LogP contribution >= 0.6 is 0 Å². The molecule has 1 aromatic carbocycles. The van der Waals surface area contributed by atoms with Crippen LogP contribution in [0.4, 0.5) is 5.69 Å². The number of nitrogens with zero attached hydrogens (tertiary/aromatic N) is 3. The molecule has 1 heterocycles. The number of hydrogen-bond donors (Lipinski definition) is 0. The maximum absolute atomic E-state index is 12.9. The van der Waals surface area contributed by atoms with Gasteiger partial charge in [-0.1, -0.05) is 20.8 Å². The summed E-state index contributed by atoms with van der Waals surface area (Å²) in [7, 11) is -1.95. The van der Waals surface area contributed by atoms with Gasteiger partial charge in [-0.15, -0.1) is 0 Å². The van der Waals surface area contributed by atoms with Crippen molar-refractivity contribution in [3.8, 4) is 5.75 Å². The molecule has 27 heavy (non-hydrogen) atoms. The van der Waals surface area contributed by atoms with Gasteiger partial charge in [-0.25, -0.2) is 8.42 Å². The van der Waals surface area contributed by atoms with Gasteiger partial charge in [0.05, 0.1) is 17.7 Å². The van der Waals surface area contributed by atoms with E-state index in [4.69, 9.17) is 4.74 Å². The lowest BCUT2D eigenvalue weighted by molar-refractivity contribution is -0.131. The lowest BCUT2D eigenvalue weighted by Gasteiger charge is -2.37. The molecule has 0 atom stereocenters. The molecule has 0 spiro atoms. The van der Waals surface area contributed by atoms with Crippen molar-refractivity contribution in [2.45, 2.75) is 38.5 Å². The lowest BCUT2D eigenvalue weighted by Crippen LogP contribution is -2.48. The van der Waals surface area contributed by atoms with Crippen molar-refractivity contribution in [3.63, 3.8) is 0 Å². The second-order valence-corrected chi connectivity index (χ2v) is 8.48. The van der Waals surface area contributed by atoms with E-state index in [0.717, 1.165) is 12.1 Å². The number of methoxy groups -OCH3 is 1. The highest BCUT2D eigenvalue weighted by atomic mass is 32.2. The molecule has 1 amide bonds. The summed E-state index contributed by atoms with van der Waals surface area (Å²) in [6.45, 7) is 9.10. The predicted molar refractivity (Wildman–Crippen MR) is 107 cm³/mol. The third kappa shape index (κ3) is 4.73. The normalized spacial score (nSPS) is 15.3. The average molecular weight is 398 g/mol. The Morgan fingerprint density at radius 2 is 1.74 bits per heavy atom. The van der Waals surface area contributed by atoms with Gasteiger partial charge in [-0.05, 0) is 24.6 Å². The average Bonchev–Trinajstić information content (AvgIpc) is 2.68. The first-order valence-electron chi connectivity index (χ1n) is 9.59. The van der Waals surface area contributed by atoms with Crippen LogP contribution in [0.15, 0.2) is 23.1 Å². The minimum Gasteiger partial charge on any atom is -0.495 e. The van der Waals surface area contributed by atoms with Crippen molar-refractivity contribution in [1.29, 1.82) is 0 Å². The number of sulfonamides is 1. The molecular weight excluding hydrogens is 366 g/mol. The molecule has 0 unspecified atom stereocenters. The van der Waals surface area contributed by atoms with Crippen molar-refractivity contribution in [1.82, 2.24) is 9.21 Å². The summed E-state index contributed by atoms with van der Waals surface area (Å²) in [5, 5.41) is 0. The number of benzene rings is 1. The first kappa shape index (κ1) is 21.5. The molecule has 1 fully saturated rings. The summed E-state index contributed by atoms with van der Waals surface area (Å²) in [4.78, 5) is 16.3. The predicted octanol–water partition coefficient (Wildman–Crippen LogP) is 2.17. The summed E-state index contributed by atoms with van der Waals surface area (Å²) in [6, 6.07) is 4.99. The van der Waals surface area contributed by atoms with E-state index in [-0.39, 0.29) is 10.8 Å². The number of anilines is 1. The van der Waals surface area contributed by atoms with Gasteiger partial charge >= 0.3 is 0 Å². The van der Waals surface area contributed by atoms with Crippen LogP contribution in [0.25, 0.3) is 0 Å².